The summed E-state index contributed by atoms with van der Waals surface area (Å²) >= 11 is 0. The molecule has 0 aromatic carbocycles. The summed E-state index contributed by atoms with van der Waals surface area (Å²) in [6, 6.07) is 0. The maximum absolute atomic E-state index is 12.2. The van der Waals surface area contributed by atoms with Gasteiger partial charge in [0.15, 0.2) is 0 Å². The molecule has 0 aliphatic carbocycles. The van der Waals surface area contributed by atoms with Gasteiger partial charge in [-0.3, -0.25) is 4.79 Å². The van der Waals surface area contributed by atoms with Crippen LogP contribution in [0.4, 0.5) is 0 Å². The molecule has 8 heteroatoms. The molecule has 0 radical (unpaired) electrons. The summed E-state index contributed by atoms with van der Waals surface area (Å²) in [5.74, 6) is 0.0118. The number of carbonyl (C=O) groups excluding carboxylic acids is 1. The molecule has 2 aliphatic rings. The van der Waals surface area contributed by atoms with Crippen molar-refractivity contribution >= 4 is 15.9 Å². The number of hydrogen-bond acceptors (Lipinski definition) is 5. The molecule has 2 saturated heterocycles. The van der Waals surface area contributed by atoms with Crippen LogP contribution < -0.4 is 0 Å². The number of nitrogens with zero attached hydrogens (tertiary/aromatic N) is 2. The zero-order chi connectivity index (χ0) is 17.1. The Balaban J connectivity index is 2.07. The van der Waals surface area contributed by atoms with Crippen LogP contribution in [0.15, 0.2) is 0 Å². The lowest BCUT2D eigenvalue weighted by atomic mass is 9.73. The first-order chi connectivity index (χ1) is 10.8. The van der Waals surface area contributed by atoms with E-state index in [2.05, 4.69) is 0 Å². The molecule has 0 unspecified atom stereocenters. The number of carbonyl (C=O) groups is 1. The largest absolute Gasteiger partial charge is 0.377 e. The highest BCUT2D eigenvalue weighted by atomic mass is 32.2. The molecular weight excluding hydrogens is 320 g/mol. The second-order valence-electron chi connectivity index (χ2n) is 6.63. The molecule has 134 valence electrons. The molecule has 0 bridgehead atoms. The molecule has 7 nitrogen and oxygen atoms in total. The highest BCUT2D eigenvalue weighted by Crippen LogP contribution is 2.41. The highest BCUT2D eigenvalue weighted by molar-refractivity contribution is 7.89. The Kier molecular flexibility index (Phi) is 6.05. The van der Waals surface area contributed by atoms with E-state index in [1.165, 1.54) is 4.90 Å². The number of amides is 1. The average molecular weight is 348 g/mol. The molecule has 0 aromatic rings. The van der Waals surface area contributed by atoms with Gasteiger partial charge >= 0.3 is 0 Å². The Morgan fingerprint density at radius 2 is 2.17 bits per heavy atom. The fourth-order valence-corrected chi connectivity index (χ4v) is 4.55. The summed E-state index contributed by atoms with van der Waals surface area (Å²) in [5.41, 5.74) is -0.342. The SMILES string of the molecule is CCS(=O)(=O)N1CC[C@@H]2OCCC[C@@]2(COCC(=O)N(C)C)C1. The van der Waals surface area contributed by atoms with Gasteiger partial charge in [0.05, 0.1) is 18.5 Å². The third-order valence-electron chi connectivity index (χ3n) is 4.83. The van der Waals surface area contributed by atoms with Gasteiger partial charge in [-0.1, -0.05) is 0 Å². The summed E-state index contributed by atoms with van der Waals surface area (Å²) < 4.78 is 37.6. The van der Waals surface area contributed by atoms with Crippen LogP contribution in [0.25, 0.3) is 0 Å². The monoisotopic (exact) mass is 348 g/mol. The van der Waals surface area contributed by atoms with Gasteiger partial charge in [-0.2, -0.15) is 0 Å². The number of fused-ring (bicyclic) bond motifs is 1. The lowest BCUT2D eigenvalue weighted by Crippen LogP contribution is -2.58. The Hall–Kier alpha value is -0.700. The van der Waals surface area contributed by atoms with Crippen LogP contribution in [-0.4, -0.2) is 82.4 Å². The number of ether oxygens (including phenoxy) is 2. The Morgan fingerprint density at radius 1 is 1.43 bits per heavy atom. The lowest BCUT2D eigenvalue weighted by molar-refractivity contribution is -0.152. The number of rotatable bonds is 6. The summed E-state index contributed by atoms with van der Waals surface area (Å²) in [4.78, 5) is 13.2. The molecule has 2 aliphatic heterocycles. The van der Waals surface area contributed by atoms with Gasteiger partial charge in [-0.15, -0.1) is 0 Å². The van der Waals surface area contributed by atoms with Crippen molar-refractivity contribution < 1.29 is 22.7 Å². The van der Waals surface area contributed by atoms with Crippen LogP contribution in [0.5, 0.6) is 0 Å². The number of hydrogen-bond donors (Lipinski definition) is 0. The van der Waals surface area contributed by atoms with Crippen LogP contribution in [0.3, 0.4) is 0 Å². The molecule has 0 saturated carbocycles. The molecule has 2 atom stereocenters. The minimum atomic E-state index is -3.22. The topological polar surface area (TPSA) is 76.1 Å². The van der Waals surface area contributed by atoms with Crippen molar-refractivity contribution in [1.82, 2.24) is 9.21 Å². The number of sulfonamides is 1. The van der Waals surface area contributed by atoms with Crippen LogP contribution >= 0.6 is 0 Å². The van der Waals surface area contributed by atoms with E-state index in [0.29, 0.717) is 32.7 Å². The molecule has 2 fully saturated rings. The van der Waals surface area contributed by atoms with Gasteiger partial charge in [0.2, 0.25) is 15.9 Å². The van der Waals surface area contributed by atoms with Crippen LogP contribution in [0, 0.1) is 5.41 Å². The molecule has 2 rings (SSSR count). The first-order valence-corrected chi connectivity index (χ1v) is 9.79. The van der Waals surface area contributed by atoms with E-state index < -0.39 is 10.0 Å². The van der Waals surface area contributed by atoms with Gasteiger partial charge in [0.25, 0.3) is 0 Å². The standard InChI is InChI=1S/C15H28N2O5S/c1-4-23(19,20)17-8-6-13-15(11-17,7-5-9-22-13)12-21-10-14(18)16(2)3/h13H,4-12H2,1-3H3/t13-,15-/m0/s1. The minimum absolute atomic E-state index is 0.00835. The quantitative estimate of drug-likeness (QED) is 0.691. The Morgan fingerprint density at radius 3 is 2.83 bits per heavy atom. The molecule has 0 N–H and O–H groups in total. The average Bonchev–Trinajstić information content (AvgIpc) is 2.53. The van der Waals surface area contributed by atoms with Crippen molar-refractivity contribution in [3.8, 4) is 0 Å². The van der Waals surface area contributed by atoms with E-state index in [0.717, 1.165) is 12.8 Å². The van der Waals surface area contributed by atoms with E-state index in [1.807, 2.05) is 0 Å². The van der Waals surface area contributed by atoms with Crippen molar-refractivity contribution in [2.75, 3.05) is 52.8 Å². The number of piperidine rings is 1. The predicted molar refractivity (Wildman–Crippen MR) is 86.6 cm³/mol. The van der Waals surface area contributed by atoms with Crippen LogP contribution in [0.2, 0.25) is 0 Å². The normalized spacial score (nSPS) is 29.1. The first kappa shape index (κ1) is 18.6. The molecule has 0 aromatic heterocycles. The fourth-order valence-electron chi connectivity index (χ4n) is 3.35. The van der Waals surface area contributed by atoms with Crippen LogP contribution in [0.1, 0.15) is 26.2 Å². The first-order valence-electron chi connectivity index (χ1n) is 8.18. The Bertz CT molecular complexity index is 522. The Labute approximate surface area is 139 Å². The molecule has 1 amide bonds. The van der Waals surface area contributed by atoms with Crippen molar-refractivity contribution in [2.45, 2.75) is 32.3 Å². The molecular formula is C15H28N2O5S. The third kappa shape index (κ3) is 4.23. The van der Waals surface area contributed by atoms with Gasteiger partial charge in [0.1, 0.15) is 6.61 Å². The summed E-state index contributed by atoms with van der Waals surface area (Å²) in [6.07, 6.45) is 2.45. The minimum Gasteiger partial charge on any atom is -0.377 e. The smallest absolute Gasteiger partial charge is 0.248 e. The summed E-state index contributed by atoms with van der Waals surface area (Å²) in [7, 11) is 0.157. The van der Waals surface area contributed by atoms with Crippen molar-refractivity contribution in [3.05, 3.63) is 0 Å². The molecule has 23 heavy (non-hydrogen) atoms. The van der Waals surface area contributed by atoms with E-state index in [-0.39, 0.29) is 29.8 Å². The van der Waals surface area contributed by atoms with Crippen molar-refractivity contribution in [3.63, 3.8) is 0 Å². The second kappa shape index (κ2) is 7.46. The van der Waals surface area contributed by atoms with Crippen molar-refractivity contribution in [2.24, 2.45) is 5.41 Å². The highest BCUT2D eigenvalue weighted by Gasteiger charge is 2.48. The summed E-state index contributed by atoms with van der Waals surface area (Å²) in [6.45, 7) is 3.67. The predicted octanol–water partition coefficient (Wildman–Crippen LogP) is 0.312. The van der Waals surface area contributed by atoms with E-state index in [1.54, 1.807) is 25.3 Å². The van der Waals surface area contributed by atoms with Gasteiger partial charge in [-0.25, -0.2) is 12.7 Å². The van der Waals surface area contributed by atoms with Gasteiger partial charge in [-0.05, 0) is 26.2 Å². The van der Waals surface area contributed by atoms with Crippen LogP contribution in [-0.2, 0) is 24.3 Å². The van der Waals surface area contributed by atoms with Gasteiger partial charge < -0.3 is 14.4 Å². The fraction of sp³-hybridized carbons (Fsp3) is 0.933. The van der Waals surface area contributed by atoms with E-state index in [9.17, 15) is 13.2 Å². The zero-order valence-electron chi connectivity index (χ0n) is 14.3. The van der Waals surface area contributed by atoms with Gasteiger partial charge in [0, 0.05) is 39.2 Å². The second-order valence-corrected chi connectivity index (χ2v) is 8.89. The zero-order valence-corrected chi connectivity index (χ0v) is 15.1. The summed E-state index contributed by atoms with van der Waals surface area (Å²) in [5, 5.41) is 0. The molecule has 2 heterocycles. The third-order valence-corrected chi connectivity index (χ3v) is 6.65. The maximum Gasteiger partial charge on any atom is 0.248 e. The lowest BCUT2D eigenvalue weighted by Gasteiger charge is -2.49. The van der Waals surface area contributed by atoms with E-state index >= 15 is 0 Å². The molecule has 0 spiro atoms. The maximum atomic E-state index is 12.2. The number of likely N-dealkylation sites (N-methyl/N-ethyl adjacent to an activating group) is 1. The van der Waals surface area contributed by atoms with E-state index in [4.69, 9.17) is 9.47 Å². The van der Waals surface area contributed by atoms with Crippen molar-refractivity contribution in [1.29, 1.82) is 0 Å².